The van der Waals surface area contributed by atoms with Crippen LogP contribution >= 0.6 is 27.7 Å². The molecule has 5 rings (SSSR count). The largest absolute Gasteiger partial charge is 0.491 e. The number of fused-ring (bicyclic) bond motifs is 1. The Labute approximate surface area is 234 Å². The van der Waals surface area contributed by atoms with Crippen LogP contribution in [0.2, 0.25) is 0 Å². The number of imide groups is 1. The van der Waals surface area contributed by atoms with Gasteiger partial charge in [0.15, 0.2) is 0 Å². The first kappa shape index (κ1) is 26.1. The Kier molecular flexibility index (Phi) is 7.86. The third-order valence-electron chi connectivity index (χ3n) is 6.31. The maximum atomic E-state index is 12.9. The molecule has 0 radical (unpaired) electrons. The zero-order valence-electron chi connectivity index (χ0n) is 21.1. The van der Waals surface area contributed by atoms with E-state index in [0.29, 0.717) is 17.3 Å². The maximum absolute atomic E-state index is 12.9. The third-order valence-corrected chi connectivity index (χ3v) is 7.83. The maximum Gasteiger partial charge on any atom is 0.293 e. The van der Waals surface area contributed by atoms with Crippen molar-refractivity contribution >= 4 is 55.7 Å². The first-order valence-corrected chi connectivity index (χ1v) is 13.8. The molecule has 5 nitrogen and oxygen atoms in total. The van der Waals surface area contributed by atoms with E-state index < -0.39 is 0 Å². The van der Waals surface area contributed by atoms with Crippen molar-refractivity contribution in [2.45, 2.75) is 20.5 Å². The van der Waals surface area contributed by atoms with Crippen molar-refractivity contribution in [2.75, 3.05) is 13.2 Å². The second kappa shape index (κ2) is 11.5. The van der Waals surface area contributed by atoms with E-state index >= 15 is 0 Å². The average Bonchev–Trinajstić information content (AvgIpc) is 3.17. The number of amides is 2. The predicted octanol–water partition coefficient (Wildman–Crippen LogP) is 7.91. The molecule has 38 heavy (non-hydrogen) atoms. The third kappa shape index (κ3) is 5.79. The fourth-order valence-corrected chi connectivity index (χ4v) is 5.63. The van der Waals surface area contributed by atoms with Crippen LogP contribution in [-0.2, 0) is 11.4 Å². The number of rotatable bonds is 8. The molecule has 4 aromatic rings. The van der Waals surface area contributed by atoms with Gasteiger partial charge in [0, 0.05) is 0 Å². The van der Waals surface area contributed by atoms with Gasteiger partial charge in [-0.05, 0) is 98.8 Å². The van der Waals surface area contributed by atoms with E-state index in [1.54, 1.807) is 6.08 Å². The standard InChI is InChI=1S/C31H26BrNO4S/c1-20-10-11-21(2)28(16-20)36-15-14-33-30(34)29(38-31(33)35)18-22-12-13-27(26(32)17-22)37-19-24-8-5-7-23-6-3-4-9-25(23)24/h3-13,16-18H,14-15,19H2,1-2H3/b29-18-. The molecule has 1 heterocycles. The van der Waals surface area contributed by atoms with E-state index in [0.717, 1.165) is 49.6 Å². The number of ether oxygens (including phenoxy) is 2. The van der Waals surface area contributed by atoms with Crippen molar-refractivity contribution < 1.29 is 19.1 Å². The minimum Gasteiger partial charge on any atom is -0.491 e. The number of aryl methyl sites for hydroxylation is 2. The number of thioether (sulfide) groups is 1. The lowest BCUT2D eigenvalue weighted by Gasteiger charge is -2.14. The summed E-state index contributed by atoms with van der Waals surface area (Å²) in [6, 6.07) is 26.0. The lowest BCUT2D eigenvalue weighted by molar-refractivity contribution is -0.123. The minimum absolute atomic E-state index is 0.194. The van der Waals surface area contributed by atoms with Gasteiger partial charge in [0.25, 0.3) is 11.1 Å². The van der Waals surface area contributed by atoms with Gasteiger partial charge in [0.2, 0.25) is 0 Å². The Morgan fingerprint density at radius 1 is 0.895 bits per heavy atom. The first-order valence-electron chi connectivity index (χ1n) is 12.2. The van der Waals surface area contributed by atoms with Crippen molar-refractivity contribution in [1.29, 1.82) is 0 Å². The van der Waals surface area contributed by atoms with Crippen molar-refractivity contribution in [1.82, 2.24) is 4.90 Å². The zero-order chi connectivity index (χ0) is 26.6. The first-order chi connectivity index (χ1) is 18.4. The molecule has 1 saturated heterocycles. The molecule has 0 bridgehead atoms. The number of nitrogens with zero attached hydrogens (tertiary/aromatic N) is 1. The number of hydrogen-bond acceptors (Lipinski definition) is 5. The molecule has 1 aliphatic heterocycles. The molecule has 0 atom stereocenters. The second-order valence-corrected chi connectivity index (χ2v) is 10.9. The monoisotopic (exact) mass is 587 g/mol. The van der Waals surface area contributed by atoms with E-state index in [2.05, 4.69) is 40.2 Å². The van der Waals surface area contributed by atoms with Crippen LogP contribution in [0.15, 0.2) is 88.2 Å². The van der Waals surface area contributed by atoms with Crippen LogP contribution in [0.1, 0.15) is 22.3 Å². The summed E-state index contributed by atoms with van der Waals surface area (Å²) < 4.78 is 12.7. The van der Waals surface area contributed by atoms with Gasteiger partial charge in [-0.25, -0.2) is 0 Å². The zero-order valence-corrected chi connectivity index (χ0v) is 23.5. The molecule has 0 N–H and O–H groups in total. The van der Waals surface area contributed by atoms with Crippen LogP contribution in [0.25, 0.3) is 16.8 Å². The van der Waals surface area contributed by atoms with Crippen LogP contribution in [0.3, 0.4) is 0 Å². The van der Waals surface area contributed by atoms with E-state index in [9.17, 15) is 9.59 Å². The highest BCUT2D eigenvalue weighted by molar-refractivity contribution is 9.10. The Morgan fingerprint density at radius 3 is 2.55 bits per heavy atom. The van der Waals surface area contributed by atoms with Gasteiger partial charge < -0.3 is 9.47 Å². The van der Waals surface area contributed by atoms with Gasteiger partial charge in [-0.2, -0.15) is 0 Å². The molecule has 7 heteroatoms. The Morgan fingerprint density at radius 2 is 1.71 bits per heavy atom. The fourth-order valence-electron chi connectivity index (χ4n) is 4.25. The summed E-state index contributed by atoms with van der Waals surface area (Å²) in [5.41, 5.74) is 4.01. The molecule has 1 fully saturated rings. The fraction of sp³-hybridized carbons (Fsp3) is 0.161. The van der Waals surface area contributed by atoms with Gasteiger partial charge in [0.05, 0.1) is 15.9 Å². The molecular formula is C31H26BrNO4S. The number of carbonyl (C=O) groups is 2. The summed E-state index contributed by atoms with van der Waals surface area (Å²) in [5.74, 6) is 1.16. The highest BCUT2D eigenvalue weighted by Gasteiger charge is 2.34. The van der Waals surface area contributed by atoms with Crippen molar-refractivity contribution in [3.05, 3.63) is 110 Å². The molecule has 0 saturated carbocycles. The van der Waals surface area contributed by atoms with Gasteiger partial charge in [-0.15, -0.1) is 0 Å². The summed E-state index contributed by atoms with van der Waals surface area (Å²) in [4.78, 5) is 27.1. The van der Waals surface area contributed by atoms with E-state index in [1.165, 1.54) is 10.3 Å². The van der Waals surface area contributed by atoms with Gasteiger partial charge in [-0.3, -0.25) is 14.5 Å². The van der Waals surface area contributed by atoms with E-state index in [-0.39, 0.29) is 24.3 Å². The second-order valence-electron chi connectivity index (χ2n) is 9.07. The Balaban J connectivity index is 1.22. The lowest BCUT2D eigenvalue weighted by Crippen LogP contribution is -2.32. The summed E-state index contributed by atoms with van der Waals surface area (Å²) in [7, 11) is 0. The summed E-state index contributed by atoms with van der Waals surface area (Å²) in [6.45, 7) is 4.83. The highest BCUT2D eigenvalue weighted by Crippen LogP contribution is 2.34. The molecular weight excluding hydrogens is 562 g/mol. The van der Waals surface area contributed by atoms with Crippen molar-refractivity contribution in [3.63, 3.8) is 0 Å². The topological polar surface area (TPSA) is 55.8 Å². The molecule has 0 aromatic heterocycles. The number of hydrogen-bond donors (Lipinski definition) is 0. The lowest BCUT2D eigenvalue weighted by atomic mass is 10.1. The van der Waals surface area contributed by atoms with Gasteiger partial charge >= 0.3 is 0 Å². The molecule has 0 unspecified atom stereocenters. The highest BCUT2D eigenvalue weighted by atomic mass is 79.9. The van der Waals surface area contributed by atoms with Crippen molar-refractivity contribution in [2.24, 2.45) is 0 Å². The van der Waals surface area contributed by atoms with Crippen LogP contribution in [0, 0.1) is 13.8 Å². The molecule has 4 aromatic carbocycles. The molecule has 0 aliphatic carbocycles. The quantitative estimate of drug-likeness (QED) is 0.196. The Bertz CT molecular complexity index is 1560. The van der Waals surface area contributed by atoms with Crippen LogP contribution in [0.4, 0.5) is 4.79 Å². The predicted molar refractivity (Wildman–Crippen MR) is 157 cm³/mol. The minimum atomic E-state index is -0.308. The van der Waals surface area contributed by atoms with Gasteiger partial charge in [0.1, 0.15) is 24.7 Å². The smallest absolute Gasteiger partial charge is 0.293 e. The molecule has 192 valence electrons. The molecule has 1 aliphatic rings. The number of halogens is 1. The van der Waals surface area contributed by atoms with Crippen LogP contribution in [-0.4, -0.2) is 29.2 Å². The van der Waals surface area contributed by atoms with E-state index in [4.69, 9.17) is 9.47 Å². The summed E-state index contributed by atoms with van der Waals surface area (Å²) in [5, 5.41) is 2.05. The SMILES string of the molecule is Cc1ccc(C)c(OCCN2C(=O)S/C(=C\c3ccc(OCc4cccc5ccccc45)c(Br)c3)C2=O)c1. The molecule has 0 spiro atoms. The Hall–Kier alpha value is -3.55. The van der Waals surface area contributed by atoms with Crippen molar-refractivity contribution in [3.8, 4) is 11.5 Å². The molecule has 2 amide bonds. The summed E-state index contributed by atoms with van der Waals surface area (Å²) in [6.07, 6.45) is 1.73. The van der Waals surface area contributed by atoms with Gasteiger partial charge in [-0.1, -0.05) is 60.7 Å². The van der Waals surface area contributed by atoms with E-state index in [1.807, 2.05) is 68.4 Å². The number of benzene rings is 4. The van der Waals surface area contributed by atoms with Crippen LogP contribution in [0.5, 0.6) is 11.5 Å². The van der Waals surface area contributed by atoms with Crippen LogP contribution < -0.4 is 9.47 Å². The average molecular weight is 589 g/mol. The normalized spacial score (nSPS) is 14.5. The number of carbonyl (C=O) groups excluding carboxylic acids is 2. The summed E-state index contributed by atoms with van der Waals surface area (Å²) >= 11 is 4.53.